The van der Waals surface area contributed by atoms with Crippen LogP contribution >= 0.6 is 0 Å². The number of aliphatic carboxylic acids is 2. The molecule has 1 unspecified atom stereocenters. The SMILES string of the molecule is C=C(C)C(=O)O.C=C(C)C(=O)O.C=C(C)C(=O)OC.C=CC(=O)OCC.C=Cc1ccccc1.CC(O)CO. The van der Waals surface area contributed by atoms with Gasteiger partial charge in [0.25, 0.3) is 0 Å². The van der Waals surface area contributed by atoms with E-state index in [9.17, 15) is 19.2 Å². The number of carbonyl (C=O) groups is 4. The highest BCUT2D eigenvalue weighted by atomic mass is 16.5. The lowest BCUT2D eigenvalue weighted by Gasteiger charge is -1.91. The molecule has 10 nitrogen and oxygen atoms in total. The van der Waals surface area contributed by atoms with Gasteiger partial charge >= 0.3 is 23.9 Å². The van der Waals surface area contributed by atoms with Gasteiger partial charge in [-0.1, -0.05) is 69.3 Å². The fourth-order valence-electron chi connectivity index (χ4n) is 0.965. The van der Waals surface area contributed by atoms with Crippen LogP contribution in [0.5, 0.6) is 0 Å². The van der Waals surface area contributed by atoms with Gasteiger partial charge in [-0.05, 0) is 40.2 Å². The zero-order valence-corrected chi connectivity index (χ0v) is 23.8. The molecule has 0 bridgehead atoms. The summed E-state index contributed by atoms with van der Waals surface area (Å²) in [5, 5.41) is 31.8. The van der Waals surface area contributed by atoms with Crippen molar-refractivity contribution >= 4 is 30.0 Å². The van der Waals surface area contributed by atoms with Crippen LogP contribution < -0.4 is 0 Å². The normalized spacial score (nSPS) is 8.72. The molecule has 0 aliphatic rings. The zero-order chi connectivity index (χ0) is 32.0. The maximum atomic E-state index is 10.2. The van der Waals surface area contributed by atoms with Crippen LogP contribution in [0.15, 0.2) is 86.0 Å². The van der Waals surface area contributed by atoms with Crippen LogP contribution in [0.25, 0.3) is 6.08 Å². The highest BCUT2D eigenvalue weighted by Gasteiger charge is 1.95. The molecule has 1 aromatic rings. The summed E-state index contributed by atoms with van der Waals surface area (Å²) in [4.78, 5) is 39.5. The standard InChI is InChI=1S/C8H8.2C5H8O2.2C4H6O2.C3H8O2/c1-2-8-6-4-3-5-7-8;1-4(2)5(6)7-3;1-3-5(6)7-4-2;2*1-3(2)4(5)6;1-3(5)2-4/h2-7H,1H2;1H2,2-3H3;3H,1,4H2,2H3;2*1H2,2H3,(H,5,6);3-5H,2H2,1H3. The summed E-state index contributed by atoms with van der Waals surface area (Å²) in [5.74, 6) is -2.58. The van der Waals surface area contributed by atoms with E-state index < -0.39 is 18.0 Å². The van der Waals surface area contributed by atoms with Crippen molar-refractivity contribution in [3.8, 4) is 0 Å². The Morgan fingerprint density at radius 2 is 1.26 bits per heavy atom. The van der Waals surface area contributed by atoms with Crippen LogP contribution in [0, 0.1) is 0 Å². The second-order valence-corrected chi connectivity index (χ2v) is 7.05. The largest absolute Gasteiger partial charge is 0.478 e. The van der Waals surface area contributed by atoms with Crippen molar-refractivity contribution in [2.24, 2.45) is 0 Å². The summed E-state index contributed by atoms with van der Waals surface area (Å²) >= 11 is 0. The van der Waals surface area contributed by atoms with E-state index in [1.54, 1.807) is 13.8 Å². The van der Waals surface area contributed by atoms with Crippen LogP contribution in [0.2, 0.25) is 0 Å². The molecule has 220 valence electrons. The number of hydrogen-bond donors (Lipinski definition) is 4. The number of carbonyl (C=O) groups excluding carboxylic acids is 2. The van der Waals surface area contributed by atoms with Gasteiger partial charge in [0, 0.05) is 22.8 Å². The van der Waals surface area contributed by atoms with E-state index in [0.717, 1.165) is 6.08 Å². The van der Waals surface area contributed by atoms with Crippen molar-refractivity contribution in [2.45, 2.75) is 40.7 Å². The Bertz CT molecular complexity index is 835. The van der Waals surface area contributed by atoms with Crippen molar-refractivity contribution in [3.63, 3.8) is 0 Å². The molecule has 0 heterocycles. The van der Waals surface area contributed by atoms with Gasteiger partial charge in [0.1, 0.15) is 0 Å². The Morgan fingerprint density at radius 1 is 0.897 bits per heavy atom. The number of ether oxygens (including phenoxy) is 2. The summed E-state index contributed by atoms with van der Waals surface area (Å²) in [6.07, 6.45) is 2.42. The number of benzene rings is 1. The van der Waals surface area contributed by atoms with Gasteiger partial charge in [0.05, 0.1) is 26.4 Å². The predicted octanol–water partition coefficient (Wildman–Crippen LogP) is 4.45. The minimum Gasteiger partial charge on any atom is -0.478 e. The number of hydrogen-bond acceptors (Lipinski definition) is 8. The molecule has 1 aromatic carbocycles. The second kappa shape index (κ2) is 31.7. The van der Waals surface area contributed by atoms with Gasteiger partial charge < -0.3 is 29.9 Å². The first-order valence-electron chi connectivity index (χ1n) is 11.3. The maximum absolute atomic E-state index is 10.2. The minimum atomic E-state index is -0.935. The number of aliphatic hydroxyl groups is 2. The Morgan fingerprint density at radius 3 is 1.36 bits per heavy atom. The number of rotatable bonds is 7. The van der Waals surface area contributed by atoms with Crippen molar-refractivity contribution in [3.05, 3.63) is 91.6 Å². The summed E-state index contributed by atoms with van der Waals surface area (Å²) < 4.78 is 8.71. The van der Waals surface area contributed by atoms with Crippen LogP contribution in [0.3, 0.4) is 0 Å². The lowest BCUT2D eigenvalue weighted by atomic mass is 10.2. The Kier molecular flexibility index (Phi) is 36.4. The first kappa shape index (κ1) is 44.7. The van der Waals surface area contributed by atoms with Crippen LogP contribution in [0.4, 0.5) is 0 Å². The number of aliphatic hydroxyl groups excluding tert-OH is 2. The zero-order valence-electron chi connectivity index (χ0n) is 23.8. The Hall–Kier alpha value is -4.28. The Balaban J connectivity index is -0.000000119. The molecule has 0 saturated carbocycles. The fourth-order valence-corrected chi connectivity index (χ4v) is 0.965. The molecule has 39 heavy (non-hydrogen) atoms. The molecular weight excluding hydrogens is 508 g/mol. The lowest BCUT2D eigenvalue weighted by Crippen LogP contribution is -2.03. The topological polar surface area (TPSA) is 168 Å². The number of carboxylic acid groups (broad SMARTS) is 2. The molecule has 0 amide bonds. The second-order valence-electron chi connectivity index (χ2n) is 7.05. The highest BCUT2D eigenvalue weighted by molar-refractivity contribution is 5.86. The van der Waals surface area contributed by atoms with Crippen molar-refractivity contribution < 1.29 is 49.1 Å². The van der Waals surface area contributed by atoms with Crippen molar-refractivity contribution in [1.82, 2.24) is 0 Å². The van der Waals surface area contributed by atoms with Crippen LogP contribution in [-0.2, 0) is 28.7 Å². The van der Waals surface area contributed by atoms with E-state index in [-0.39, 0.29) is 29.7 Å². The van der Waals surface area contributed by atoms with Gasteiger partial charge in [-0.2, -0.15) is 0 Å². The van der Waals surface area contributed by atoms with E-state index in [2.05, 4.69) is 42.4 Å². The van der Waals surface area contributed by atoms with Crippen LogP contribution in [-0.4, -0.2) is 70.7 Å². The van der Waals surface area contributed by atoms with Crippen LogP contribution in [0.1, 0.15) is 40.2 Å². The molecular formula is C29H44O10. The first-order valence-corrected chi connectivity index (χ1v) is 11.3. The smallest absolute Gasteiger partial charge is 0.332 e. The van der Waals surface area contributed by atoms with Gasteiger partial charge in [0.15, 0.2) is 0 Å². The quantitative estimate of drug-likeness (QED) is 0.280. The average Bonchev–Trinajstić information content (AvgIpc) is 2.90. The highest BCUT2D eigenvalue weighted by Crippen LogP contribution is 1.97. The summed E-state index contributed by atoms with van der Waals surface area (Å²) in [6, 6.07) is 10.0. The van der Waals surface area contributed by atoms with Gasteiger partial charge in [-0.3, -0.25) is 0 Å². The average molecular weight is 553 g/mol. The van der Waals surface area contributed by atoms with Gasteiger partial charge in [0.2, 0.25) is 0 Å². The predicted molar refractivity (Wildman–Crippen MR) is 154 cm³/mol. The van der Waals surface area contributed by atoms with E-state index in [1.165, 1.54) is 33.4 Å². The number of esters is 2. The third-order valence-electron chi connectivity index (χ3n) is 3.02. The lowest BCUT2D eigenvalue weighted by molar-refractivity contribution is -0.137. The third kappa shape index (κ3) is 47.5. The molecule has 0 aliphatic heterocycles. The number of carboxylic acids is 2. The monoisotopic (exact) mass is 552 g/mol. The Labute approximate surface area is 231 Å². The fraction of sp³-hybridized carbons (Fsp3) is 0.310. The summed E-state index contributed by atoms with van der Waals surface area (Å²) in [6.45, 7) is 24.6. The van der Waals surface area contributed by atoms with Gasteiger partial charge in [-0.15, -0.1) is 0 Å². The molecule has 0 radical (unpaired) electrons. The maximum Gasteiger partial charge on any atom is 0.332 e. The molecule has 4 N–H and O–H groups in total. The summed E-state index contributed by atoms with van der Waals surface area (Å²) in [5.41, 5.74) is 1.96. The molecule has 0 fully saturated rings. The van der Waals surface area contributed by atoms with Crippen molar-refractivity contribution in [2.75, 3.05) is 20.3 Å². The van der Waals surface area contributed by atoms with Crippen molar-refractivity contribution in [1.29, 1.82) is 0 Å². The third-order valence-corrected chi connectivity index (χ3v) is 3.02. The minimum absolute atomic E-state index is 0.139. The molecule has 0 spiro atoms. The van der Waals surface area contributed by atoms with Gasteiger partial charge in [-0.25, -0.2) is 19.2 Å². The molecule has 0 aromatic heterocycles. The molecule has 0 aliphatic carbocycles. The summed E-state index contributed by atoms with van der Waals surface area (Å²) in [7, 11) is 1.33. The molecule has 1 atom stereocenters. The van der Waals surface area contributed by atoms with E-state index in [0.29, 0.717) is 12.2 Å². The van der Waals surface area contributed by atoms with E-state index in [4.69, 9.17) is 20.4 Å². The molecule has 1 rings (SSSR count). The number of methoxy groups -OCH3 is 1. The molecule has 0 saturated heterocycles. The van der Waals surface area contributed by atoms with E-state index >= 15 is 0 Å². The van der Waals surface area contributed by atoms with E-state index in [1.807, 2.05) is 36.4 Å². The molecule has 10 heteroatoms. The first-order chi connectivity index (χ1) is 18.0.